The van der Waals surface area contributed by atoms with E-state index in [2.05, 4.69) is 13.5 Å². The molecule has 31 heavy (non-hydrogen) atoms. The molecule has 1 saturated carbocycles. The van der Waals surface area contributed by atoms with Crippen LogP contribution < -0.4 is 0 Å². The molecule has 180 valence electrons. The molecule has 5 N–H and O–H groups in total. The molecular formula is C24H42O7. The van der Waals surface area contributed by atoms with E-state index in [-0.39, 0.29) is 47.9 Å². The molecular weight excluding hydrogens is 400 g/mol. The summed E-state index contributed by atoms with van der Waals surface area (Å²) < 4.78 is 0. The van der Waals surface area contributed by atoms with Crippen LogP contribution in [0, 0.1) is 11.8 Å². The lowest BCUT2D eigenvalue weighted by Crippen LogP contribution is -2.21. The molecule has 4 atom stereocenters. The quantitative estimate of drug-likeness (QED) is 0.148. The first kappa shape index (κ1) is 29.1. The number of rotatable bonds is 14. The third-order valence-electron chi connectivity index (χ3n) is 5.94. The van der Waals surface area contributed by atoms with Crippen LogP contribution in [0.5, 0.6) is 0 Å². The van der Waals surface area contributed by atoms with Gasteiger partial charge in [-0.05, 0) is 44.4 Å². The second-order valence-electron chi connectivity index (χ2n) is 8.25. The van der Waals surface area contributed by atoms with Crippen LogP contribution in [0.4, 0.5) is 0 Å². The van der Waals surface area contributed by atoms with Crippen molar-refractivity contribution >= 4 is 11.8 Å². The van der Waals surface area contributed by atoms with Crippen molar-refractivity contribution in [3.63, 3.8) is 0 Å². The van der Waals surface area contributed by atoms with Gasteiger partial charge in [-0.3, -0.25) is 4.79 Å². The molecule has 0 radical (unpaired) electrons. The first-order valence-corrected chi connectivity index (χ1v) is 11.5. The fourth-order valence-electron chi connectivity index (χ4n) is 4.24. The maximum atomic E-state index is 12.3. The normalized spacial score (nSPS) is 22.3. The zero-order valence-electron chi connectivity index (χ0n) is 19.1. The molecule has 0 aliphatic heterocycles. The minimum absolute atomic E-state index is 0.0480. The minimum atomic E-state index is -1.09. The molecule has 1 rings (SSSR count). The van der Waals surface area contributed by atoms with Gasteiger partial charge in [-0.15, -0.1) is 0 Å². The molecule has 0 amide bonds. The van der Waals surface area contributed by atoms with Crippen LogP contribution in [0.1, 0.15) is 90.9 Å². The van der Waals surface area contributed by atoms with Crippen molar-refractivity contribution in [2.45, 2.75) is 103 Å². The monoisotopic (exact) mass is 442 g/mol. The number of unbranched alkanes of at least 4 members (excludes halogenated alkanes) is 2. The van der Waals surface area contributed by atoms with Crippen molar-refractivity contribution in [1.29, 1.82) is 0 Å². The van der Waals surface area contributed by atoms with Crippen LogP contribution in [-0.2, 0) is 9.59 Å². The van der Waals surface area contributed by atoms with Gasteiger partial charge in [0.05, 0.1) is 24.0 Å². The van der Waals surface area contributed by atoms with Gasteiger partial charge < -0.3 is 25.5 Å². The molecule has 1 unspecified atom stereocenters. The van der Waals surface area contributed by atoms with Crippen LogP contribution in [0.2, 0.25) is 0 Å². The molecule has 0 heterocycles. The van der Waals surface area contributed by atoms with Crippen molar-refractivity contribution in [3.05, 3.63) is 24.2 Å². The summed E-state index contributed by atoms with van der Waals surface area (Å²) in [6, 6.07) is 0. The number of carbonyl (C=O) groups excluding carboxylic acids is 1. The molecule has 0 spiro atoms. The van der Waals surface area contributed by atoms with E-state index in [1.54, 1.807) is 6.92 Å². The lowest BCUT2D eigenvalue weighted by molar-refractivity contribution is -0.133. The predicted octanol–water partition coefficient (Wildman–Crippen LogP) is 4.83. The lowest BCUT2D eigenvalue weighted by Gasteiger charge is -2.21. The summed E-state index contributed by atoms with van der Waals surface area (Å²) in [6.07, 6.45) is 7.74. The zero-order valence-corrected chi connectivity index (χ0v) is 19.1. The number of carboxylic acid groups (broad SMARTS) is 1. The third-order valence-corrected chi connectivity index (χ3v) is 5.94. The Morgan fingerprint density at radius 1 is 1.13 bits per heavy atom. The smallest absolute Gasteiger partial charge is 0.334 e. The van der Waals surface area contributed by atoms with Gasteiger partial charge in [0, 0.05) is 18.8 Å². The number of carbonyl (C=O) groups is 2. The van der Waals surface area contributed by atoms with E-state index in [4.69, 9.17) is 10.2 Å². The predicted molar refractivity (Wildman–Crippen MR) is 121 cm³/mol. The van der Waals surface area contributed by atoms with Crippen LogP contribution >= 0.6 is 0 Å². The number of aliphatic hydroxyl groups is 4. The highest BCUT2D eigenvalue weighted by Crippen LogP contribution is 2.36. The Labute approximate surface area is 186 Å². The fraction of sp³-hybridized carbons (Fsp3) is 0.750. The Morgan fingerprint density at radius 2 is 1.74 bits per heavy atom. The van der Waals surface area contributed by atoms with Gasteiger partial charge in [-0.1, -0.05) is 46.1 Å². The summed E-state index contributed by atoms with van der Waals surface area (Å²) in [6.45, 7) is 6.71. The summed E-state index contributed by atoms with van der Waals surface area (Å²) in [5.74, 6) is -1.29. The summed E-state index contributed by atoms with van der Waals surface area (Å²) in [5, 5.41) is 46.5. The van der Waals surface area contributed by atoms with Gasteiger partial charge in [0.2, 0.25) is 0 Å². The van der Waals surface area contributed by atoms with Crippen molar-refractivity contribution in [2.24, 2.45) is 11.8 Å². The van der Waals surface area contributed by atoms with Crippen molar-refractivity contribution in [1.82, 2.24) is 0 Å². The Morgan fingerprint density at radius 3 is 2.29 bits per heavy atom. The summed E-state index contributed by atoms with van der Waals surface area (Å²) >= 11 is 0. The van der Waals surface area contributed by atoms with Gasteiger partial charge in [0.25, 0.3) is 0 Å². The van der Waals surface area contributed by atoms with Crippen LogP contribution in [0.3, 0.4) is 0 Å². The number of ketones is 1. The molecule has 1 aliphatic carbocycles. The Hall–Kier alpha value is -1.86. The van der Waals surface area contributed by atoms with Crippen molar-refractivity contribution < 1.29 is 35.1 Å². The maximum Gasteiger partial charge on any atom is 0.334 e. The van der Waals surface area contributed by atoms with Crippen LogP contribution in [-0.4, -0.2) is 49.5 Å². The highest BCUT2D eigenvalue weighted by atomic mass is 16.4. The number of Topliss-reactive ketones (excluding diaryl/α,β-unsaturated/α-hetero) is 1. The van der Waals surface area contributed by atoms with Crippen molar-refractivity contribution in [2.75, 3.05) is 0 Å². The average Bonchev–Trinajstić information content (AvgIpc) is 2.97. The molecule has 0 saturated heterocycles. The van der Waals surface area contributed by atoms with E-state index in [9.17, 15) is 24.9 Å². The largest absolute Gasteiger partial charge is 0.516 e. The number of aliphatic carboxylic acids is 1. The van der Waals surface area contributed by atoms with E-state index in [1.165, 1.54) is 0 Å². The number of aliphatic hydroxyl groups excluding tert-OH is 4. The molecule has 7 heteroatoms. The molecule has 0 aromatic rings. The second kappa shape index (κ2) is 16.8. The molecule has 7 nitrogen and oxygen atoms in total. The molecule has 1 fully saturated rings. The van der Waals surface area contributed by atoms with E-state index in [0.717, 1.165) is 38.4 Å². The van der Waals surface area contributed by atoms with Crippen molar-refractivity contribution in [3.8, 4) is 0 Å². The number of hydrogen-bond acceptors (Lipinski definition) is 6. The summed E-state index contributed by atoms with van der Waals surface area (Å²) in [4.78, 5) is 23.3. The Kier molecular flexibility index (Phi) is 15.8. The number of allylic oxidation sites excluding steroid dienone is 1. The van der Waals surface area contributed by atoms with Gasteiger partial charge in [0.15, 0.2) is 0 Å². The van der Waals surface area contributed by atoms with E-state index in [0.29, 0.717) is 32.1 Å². The summed E-state index contributed by atoms with van der Waals surface area (Å²) in [5.41, 5.74) is 0.0480. The van der Waals surface area contributed by atoms with Gasteiger partial charge in [-0.25, -0.2) is 4.79 Å². The number of hydrogen-bond donors (Lipinski definition) is 5. The van der Waals surface area contributed by atoms with Gasteiger partial charge in [0.1, 0.15) is 11.5 Å². The maximum absolute atomic E-state index is 12.3. The standard InChI is InChI=1S/C22H38O6.C2H4O/c1-3-5-9-15(23)10-8-12-18-17(20(25)14-21(18)26)11-6-7-13-19(24)16(4-2)22(27)28;1-2-3/h15,17-18,21,23-24,26H,3-14H2,1-2H3,(H,27,28);2-3H,1H2/t15?,17-,18-,21-;/m1./s1. The van der Waals surface area contributed by atoms with Gasteiger partial charge in [-0.2, -0.15) is 0 Å². The molecule has 0 aromatic carbocycles. The third kappa shape index (κ3) is 11.4. The molecule has 0 bridgehead atoms. The Balaban J connectivity index is 0.00000282. The first-order chi connectivity index (χ1) is 14.7. The molecule has 0 aromatic heterocycles. The van der Waals surface area contributed by atoms with Crippen LogP contribution in [0.25, 0.3) is 0 Å². The second-order valence-corrected chi connectivity index (χ2v) is 8.25. The van der Waals surface area contributed by atoms with E-state index < -0.39 is 12.1 Å². The SMILES string of the molecule is C=CO.CCCCC(O)CCC[C@H]1[C@H](O)CC(=O)[C@@H]1CCCCC(O)=C(CC)C(=O)O. The lowest BCUT2D eigenvalue weighted by atomic mass is 9.85. The number of carboxylic acids is 1. The zero-order chi connectivity index (χ0) is 23.8. The van der Waals surface area contributed by atoms with Gasteiger partial charge >= 0.3 is 5.97 Å². The highest BCUT2D eigenvalue weighted by Gasteiger charge is 2.40. The van der Waals surface area contributed by atoms with E-state index in [1.807, 2.05) is 0 Å². The average molecular weight is 443 g/mol. The topological polar surface area (TPSA) is 135 Å². The first-order valence-electron chi connectivity index (χ1n) is 11.5. The minimum Gasteiger partial charge on any atom is -0.516 e. The summed E-state index contributed by atoms with van der Waals surface area (Å²) in [7, 11) is 0. The highest BCUT2D eigenvalue weighted by molar-refractivity contribution is 5.87. The van der Waals surface area contributed by atoms with E-state index >= 15 is 0 Å². The molecule has 1 aliphatic rings. The van der Waals surface area contributed by atoms with Crippen LogP contribution in [0.15, 0.2) is 24.2 Å². The Bertz CT molecular complexity index is 570. The fourth-order valence-corrected chi connectivity index (χ4v) is 4.24.